The van der Waals surface area contributed by atoms with E-state index in [-0.39, 0.29) is 11.9 Å². The lowest BCUT2D eigenvalue weighted by Gasteiger charge is -2.47. The molecule has 0 aliphatic carbocycles. The zero-order valence-corrected chi connectivity index (χ0v) is 37.4. The second-order valence-electron chi connectivity index (χ2n) is 18.2. The average Bonchev–Trinajstić information content (AvgIpc) is 4.21. The highest BCUT2D eigenvalue weighted by molar-refractivity contribution is 5.94. The highest BCUT2D eigenvalue weighted by Crippen LogP contribution is 2.43. The van der Waals surface area contributed by atoms with Gasteiger partial charge in [-0.25, -0.2) is 45.9 Å². The van der Waals surface area contributed by atoms with Crippen LogP contribution in [0.3, 0.4) is 0 Å². The van der Waals surface area contributed by atoms with Crippen LogP contribution in [0.15, 0.2) is 147 Å². The molecule has 0 spiro atoms. The van der Waals surface area contributed by atoms with Crippen molar-refractivity contribution in [2.24, 2.45) is 0 Å². The molecular formula is C49H36F4N18O. The summed E-state index contributed by atoms with van der Waals surface area (Å²) in [5, 5.41) is 19.5. The van der Waals surface area contributed by atoms with Crippen LogP contribution in [0.4, 0.5) is 29.2 Å². The van der Waals surface area contributed by atoms with Crippen LogP contribution in [0.5, 0.6) is 0 Å². The van der Waals surface area contributed by atoms with Gasteiger partial charge in [0.2, 0.25) is 0 Å². The molecule has 356 valence electrons. The number of carbonyl (C=O) groups excluding carboxylic acids is 1. The van der Waals surface area contributed by atoms with Crippen LogP contribution < -0.4 is 10.9 Å². The van der Waals surface area contributed by atoms with Crippen molar-refractivity contribution in [3.63, 3.8) is 0 Å². The number of ketones is 1. The number of nitrogens with one attached hydrogen (secondary N) is 2. The second kappa shape index (κ2) is 15.5. The predicted octanol–water partition coefficient (Wildman–Crippen LogP) is 7.15. The fourth-order valence-corrected chi connectivity index (χ4v) is 9.83. The molecule has 0 radical (unpaired) electrons. The Bertz CT molecular complexity index is 3800. The van der Waals surface area contributed by atoms with Gasteiger partial charge < -0.3 is 0 Å². The van der Waals surface area contributed by atoms with E-state index >= 15 is 4.79 Å². The molecule has 14 aromatic rings. The van der Waals surface area contributed by atoms with Crippen LogP contribution in [0.2, 0.25) is 0 Å². The van der Waals surface area contributed by atoms with Crippen LogP contribution >= 0.6 is 0 Å². The summed E-state index contributed by atoms with van der Waals surface area (Å²) in [5.74, 6) is -5.21. The topological polar surface area (TPSA) is 179 Å². The van der Waals surface area contributed by atoms with Crippen LogP contribution in [0.25, 0.3) is 66.8 Å². The van der Waals surface area contributed by atoms with Crippen LogP contribution in [-0.4, -0.2) is 122 Å². The summed E-state index contributed by atoms with van der Waals surface area (Å²) in [4.78, 5) is 36.4. The molecular weight excluding hydrogens is 933 g/mol. The fraction of sp³-hybridized carbons (Fsp3) is 0.163. The summed E-state index contributed by atoms with van der Waals surface area (Å²) in [6.07, 6.45) is 13.8. The Kier molecular flexibility index (Phi) is 8.98. The summed E-state index contributed by atoms with van der Waals surface area (Å²) >= 11 is 0. The maximum Gasteiger partial charge on any atom is 0.273 e. The highest BCUT2D eigenvalue weighted by Gasteiger charge is 2.54. The Labute approximate surface area is 402 Å². The minimum atomic E-state index is -3.04. The van der Waals surface area contributed by atoms with E-state index < -0.39 is 55.9 Å². The van der Waals surface area contributed by atoms with Gasteiger partial charge in [-0.05, 0) is 83.9 Å². The smallest absolute Gasteiger partial charge is 0.273 e. The highest BCUT2D eigenvalue weighted by atomic mass is 19.3. The molecule has 0 amide bonds. The third kappa shape index (κ3) is 7.15. The van der Waals surface area contributed by atoms with Crippen LogP contribution in [0.1, 0.15) is 23.2 Å². The molecule has 2 N–H and O–H groups in total. The molecule has 2 aliphatic rings. The van der Waals surface area contributed by atoms with Crippen molar-refractivity contribution >= 4 is 72.3 Å². The van der Waals surface area contributed by atoms with Gasteiger partial charge >= 0.3 is 0 Å². The van der Waals surface area contributed by atoms with Gasteiger partial charge in [0.1, 0.15) is 11.0 Å². The van der Waals surface area contributed by atoms with Gasteiger partial charge in [-0.3, -0.25) is 34.8 Å². The molecule has 10 aromatic heterocycles. The molecule has 16 rings (SSSR count). The Morgan fingerprint density at radius 2 is 0.931 bits per heavy atom. The lowest BCUT2D eigenvalue weighted by Crippen LogP contribution is -2.62. The second-order valence-corrected chi connectivity index (χ2v) is 18.2. The molecule has 2 atom stereocenters. The van der Waals surface area contributed by atoms with E-state index in [2.05, 4.69) is 31.0 Å². The van der Waals surface area contributed by atoms with Gasteiger partial charge in [0.05, 0.1) is 96.2 Å². The Morgan fingerprint density at radius 1 is 0.514 bits per heavy atom. The number of hydrogen-bond donors (Lipinski definition) is 2. The summed E-state index contributed by atoms with van der Waals surface area (Å²) in [6, 6.07) is 26.9. The van der Waals surface area contributed by atoms with E-state index in [1.165, 1.54) is 19.2 Å². The molecule has 12 heterocycles. The van der Waals surface area contributed by atoms with Crippen LogP contribution in [-0.2, 0) is 4.79 Å². The number of likely N-dealkylation sites (tertiary alicyclic amines) is 2. The quantitative estimate of drug-likeness (QED) is 0.118. The predicted molar refractivity (Wildman–Crippen MR) is 256 cm³/mol. The number of benzene rings is 4. The van der Waals surface area contributed by atoms with Gasteiger partial charge in [-0.15, -0.1) is 0 Å². The molecule has 4 aromatic carbocycles. The molecule has 19 nitrogen and oxygen atoms in total. The van der Waals surface area contributed by atoms with Crippen molar-refractivity contribution in [2.45, 2.75) is 23.9 Å². The number of halogens is 4. The summed E-state index contributed by atoms with van der Waals surface area (Å²) in [7, 11) is 0. The maximum atomic E-state index is 15.2. The number of rotatable bonds is 12. The Hall–Kier alpha value is -9.09. The monoisotopic (exact) mass is 968 g/mol. The van der Waals surface area contributed by atoms with Crippen LogP contribution in [0, 0.1) is 0 Å². The van der Waals surface area contributed by atoms with Gasteiger partial charge in [0.15, 0.2) is 17.4 Å². The summed E-state index contributed by atoms with van der Waals surface area (Å²) < 4.78 is 69.2. The minimum Gasteiger partial charge on any atom is -0.295 e. The average molecular weight is 969 g/mol. The zero-order chi connectivity index (χ0) is 48.5. The van der Waals surface area contributed by atoms with E-state index in [0.717, 1.165) is 33.1 Å². The number of carbonyl (C=O) groups is 1. The summed E-state index contributed by atoms with van der Waals surface area (Å²) in [6.45, 7) is -2.75. The number of aromatic nitrogens is 14. The van der Waals surface area contributed by atoms with Gasteiger partial charge in [0, 0.05) is 47.7 Å². The van der Waals surface area contributed by atoms with Crippen molar-refractivity contribution in [3.05, 3.63) is 158 Å². The molecule has 23 heteroatoms. The lowest BCUT2D eigenvalue weighted by molar-refractivity contribution is -0.173. The minimum absolute atomic E-state index is 0.237. The van der Waals surface area contributed by atoms with Crippen molar-refractivity contribution < 1.29 is 22.4 Å². The number of hydrogen-bond acceptors (Lipinski definition) is 13. The van der Waals surface area contributed by atoms with Crippen molar-refractivity contribution in [2.75, 3.05) is 37.0 Å². The molecule has 72 heavy (non-hydrogen) atoms. The fourth-order valence-electron chi connectivity index (χ4n) is 9.83. The first-order valence-electron chi connectivity index (χ1n) is 22.8. The molecule has 2 fully saturated rings. The molecule has 2 saturated heterocycles. The van der Waals surface area contributed by atoms with E-state index in [9.17, 15) is 17.6 Å². The first-order chi connectivity index (χ1) is 34.9. The number of Topliss-reactive ketones (excluding diaryl/α,β-unsaturated/α-hetero) is 1. The van der Waals surface area contributed by atoms with E-state index in [1.54, 1.807) is 94.7 Å². The van der Waals surface area contributed by atoms with Gasteiger partial charge in [-0.2, -0.15) is 30.4 Å². The van der Waals surface area contributed by atoms with Gasteiger partial charge in [-0.1, -0.05) is 12.1 Å². The largest absolute Gasteiger partial charge is 0.295 e. The maximum absolute atomic E-state index is 15.2. The Balaban J connectivity index is 0.776. The number of nitrogens with zero attached hydrogens (tertiary/aromatic N) is 16. The number of fused-ring (bicyclic) bond motifs is 6. The van der Waals surface area contributed by atoms with E-state index in [0.29, 0.717) is 44.6 Å². The van der Waals surface area contributed by atoms with Crippen molar-refractivity contribution in [1.29, 1.82) is 0 Å². The van der Waals surface area contributed by atoms with E-state index in [4.69, 9.17) is 20.2 Å². The standard InChI is InChI=1S/C49H36F4N18O/c50-48(51)25-64(26-48)43(29-1-11-39-31(17-29)21-68(60-39)46-54-15-13-41(58-46)62-70-35-7-3-33(4-8-35)66-23-37(70)19-56-66)45(72)44(65-27-49(52,53)28-65)30-2-12-40-32(18-30)22-69(61-40)47-55-16-14-42(59-47)63-71-36-9-5-34(6-10-36)67-24-38(71)20-57-67/h1-24,43-44H,25-28H2,(H,54,58,62)(H,55,59,63). The first-order valence-corrected chi connectivity index (χ1v) is 22.8. The molecule has 8 bridgehead atoms. The van der Waals surface area contributed by atoms with Gasteiger partial charge in [0.25, 0.3) is 23.7 Å². The van der Waals surface area contributed by atoms with Crippen molar-refractivity contribution in [3.8, 4) is 11.9 Å². The third-order valence-electron chi connectivity index (χ3n) is 13.2. The first kappa shape index (κ1) is 41.8. The van der Waals surface area contributed by atoms with E-state index in [1.807, 2.05) is 70.3 Å². The third-order valence-corrected chi connectivity index (χ3v) is 13.2. The normalized spacial score (nSPS) is 16.7. The SMILES string of the molecule is O=C(C(c1ccc2nn(-c3nccc(Nn4c5ccc(cc5)n5cc4cn5)n3)cc2c1)N1CC(F)(F)C1)C(c1ccc2nn(-c3nccc(Nn4c5ccc(cc5)n5cc4cn5)n3)cc2c1)N1CC(F)(F)C1. The summed E-state index contributed by atoms with van der Waals surface area (Å²) in [5.41, 5.74) is 13.7. The molecule has 2 aliphatic heterocycles. The number of anilines is 2. The lowest BCUT2D eigenvalue weighted by atomic mass is 9.87. The molecule has 0 saturated carbocycles. The van der Waals surface area contributed by atoms with Crippen molar-refractivity contribution in [1.82, 2.24) is 77.9 Å². The molecule has 2 unspecified atom stereocenters. The number of alkyl halides is 4. The Morgan fingerprint density at radius 3 is 1.35 bits per heavy atom. The zero-order valence-electron chi connectivity index (χ0n) is 37.4.